The molecule has 6 heteroatoms. The molecule has 0 bridgehead atoms. The standard InChI is InChI=1S/C17H23N3OS2/c1-12(17-19-14-5-3-4-6-15(14)23-17)9-18-16(21)10-20(2)13-7-8-22-11-13/h3-6,12-13H,7-11H2,1-2H3,(H,18,21)/t12-,13+/m0/s1. The number of likely N-dealkylation sites (N-methyl/N-ethyl adjacent to an activating group) is 1. The molecule has 2 heterocycles. The van der Waals surface area contributed by atoms with Gasteiger partial charge in [0.1, 0.15) is 0 Å². The third-order valence-corrected chi connectivity index (χ3v) is 6.67. The lowest BCUT2D eigenvalue weighted by Crippen LogP contribution is -2.41. The summed E-state index contributed by atoms with van der Waals surface area (Å²) in [6, 6.07) is 8.72. The predicted molar refractivity (Wildman–Crippen MR) is 99.4 cm³/mol. The number of para-hydroxylation sites is 1. The Labute approximate surface area is 145 Å². The Balaban J connectivity index is 1.49. The fourth-order valence-corrected chi connectivity index (χ4v) is 5.05. The van der Waals surface area contributed by atoms with Crippen molar-refractivity contribution in [1.82, 2.24) is 15.2 Å². The zero-order valence-corrected chi connectivity index (χ0v) is 15.3. The number of rotatable bonds is 6. The molecule has 4 nitrogen and oxygen atoms in total. The summed E-state index contributed by atoms with van der Waals surface area (Å²) in [5.41, 5.74) is 1.05. The molecule has 1 aromatic heterocycles. The number of hydrogen-bond donors (Lipinski definition) is 1. The molecule has 1 N–H and O–H groups in total. The van der Waals surface area contributed by atoms with E-state index in [9.17, 15) is 4.79 Å². The summed E-state index contributed by atoms with van der Waals surface area (Å²) in [6.07, 6.45) is 1.19. The number of hydrogen-bond acceptors (Lipinski definition) is 5. The molecule has 0 saturated carbocycles. The van der Waals surface area contributed by atoms with E-state index >= 15 is 0 Å². The Kier molecular flexibility index (Phi) is 5.56. The van der Waals surface area contributed by atoms with E-state index in [0.717, 1.165) is 16.3 Å². The van der Waals surface area contributed by atoms with Gasteiger partial charge in [-0.2, -0.15) is 11.8 Å². The van der Waals surface area contributed by atoms with Crippen molar-refractivity contribution in [2.45, 2.75) is 25.3 Å². The summed E-state index contributed by atoms with van der Waals surface area (Å²) in [4.78, 5) is 19.0. The Hall–Kier alpha value is -1.11. The number of fused-ring (bicyclic) bond motifs is 1. The van der Waals surface area contributed by atoms with Crippen molar-refractivity contribution in [2.75, 3.05) is 31.6 Å². The van der Waals surface area contributed by atoms with E-state index in [2.05, 4.69) is 28.2 Å². The first kappa shape index (κ1) is 16.7. The van der Waals surface area contributed by atoms with Gasteiger partial charge in [-0.25, -0.2) is 4.98 Å². The number of nitrogens with zero attached hydrogens (tertiary/aromatic N) is 2. The van der Waals surface area contributed by atoms with E-state index in [4.69, 9.17) is 0 Å². The van der Waals surface area contributed by atoms with Crippen LogP contribution in [-0.4, -0.2) is 53.5 Å². The van der Waals surface area contributed by atoms with Crippen LogP contribution >= 0.6 is 23.1 Å². The number of amides is 1. The van der Waals surface area contributed by atoms with Crippen molar-refractivity contribution in [3.63, 3.8) is 0 Å². The first-order valence-corrected chi connectivity index (χ1v) is 10.0. The molecule has 0 unspecified atom stereocenters. The van der Waals surface area contributed by atoms with Gasteiger partial charge in [-0.1, -0.05) is 19.1 Å². The van der Waals surface area contributed by atoms with Crippen molar-refractivity contribution >= 4 is 39.2 Å². The summed E-state index contributed by atoms with van der Waals surface area (Å²) in [7, 11) is 2.05. The molecule has 23 heavy (non-hydrogen) atoms. The lowest BCUT2D eigenvalue weighted by molar-refractivity contribution is -0.122. The third kappa shape index (κ3) is 4.25. The van der Waals surface area contributed by atoms with Crippen molar-refractivity contribution in [1.29, 1.82) is 0 Å². The Morgan fingerprint density at radius 1 is 1.48 bits per heavy atom. The number of benzene rings is 1. The molecule has 0 spiro atoms. The number of nitrogens with one attached hydrogen (secondary N) is 1. The quantitative estimate of drug-likeness (QED) is 0.871. The number of carbonyl (C=O) groups excluding carboxylic acids is 1. The van der Waals surface area contributed by atoms with Gasteiger partial charge in [0, 0.05) is 24.3 Å². The summed E-state index contributed by atoms with van der Waals surface area (Å²) < 4.78 is 1.21. The summed E-state index contributed by atoms with van der Waals surface area (Å²) in [6.45, 7) is 3.25. The van der Waals surface area contributed by atoms with Gasteiger partial charge in [0.2, 0.25) is 5.91 Å². The fraction of sp³-hybridized carbons (Fsp3) is 0.529. The van der Waals surface area contributed by atoms with Crippen LogP contribution in [0.2, 0.25) is 0 Å². The molecule has 0 aliphatic carbocycles. The first-order valence-electron chi connectivity index (χ1n) is 8.03. The highest BCUT2D eigenvalue weighted by molar-refractivity contribution is 7.99. The molecular weight excluding hydrogens is 326 g/mol. The van der Waals surface area contributed by atoms with Gasteiger partial charge in [-0.15, -0.1) is 11.3 Å². The Morgan fingerprint density at radius 2 is 2.30 bits per heavy atom. The molecule has 124 valence electrons. The molecule has 1 fully saturated rings. The van der Waals surface area contributed by atoms with Gasteiger partial charge in [0.05, 0.1) is 21.8 Å². The molecule has 1 aromatic carbocycles. The lowest BCUT2D eigenvalue weighted by Gasteiger charge is -2.23. The second-order valence-corrected chi connectivity index (χ2v) is 8.37. The molecule has 2 atom stereocenters. The normalized spacial score (nSPS) is 19.3. The van der Waals surface area contributed by atoms with Crippen LogP contribution in [0, 0.1) is 0 Å². The molecule has 2 aromatic rings. The minimum absolute atomic E-state index is 0.109. The largest absolute Gasteiger partial charge is 0.354 e. The molecule has 0 radical (unpaired) electrons. The molecule has 1 aliphatic heterocycles. The number of carbonyl (C=O) groups is 1. The molecular formula is C17H23N3OS2. The van der Waals surface area contributed by atoms with Gasteiger partial charge in [-0.05, 0) is 31.4 Å². The Morgan fingerprint density at radius 3 is 3.04 bits per heavy atom. The smallest absolute Gasteiger partial charge is 0.234 e. The van der Waals surface area contributed by atoms with E-state index in [-0.39, 0.29) is 11.8 Å². The molecule has 1 amide bonds. The van der Waals surface area contributed by atoms with Gasteiger partial charge < -0.3 is 5.32 Å². The van der Waals surface area contributed by atoms with E-state index in [1.54, 1.807) is 11.3 Å². The third-order valence-electron chi connectivity index (χ3n) is 4.26. The second-order valence-electron chi connectivity index (χ2n) is 6.16. The summed E-state index contributed by atoms with van der Waals surface area (Å²) in [5.74, 6) is 2.71. The van der Waals surface area contributed by atoms with Crippen molar-refractivity contribution < 1.29 is 4.79 Å². The highest BCUT2D eigenvalue weighted by atomic mass is 32.2. The van der Waals surface area contributed by atoms with Gasteiger partial charge in [0.15, 0.2) is 0 Å². The zero-order chi connectivity index (χ0) is 16.2. The van der Waals surface area contributed by atoms with E-state index in [1.807, 2.05) is 37.0 Å². The highest BCUT2D eigenvalue weighted by Gasteiger charge is 2.22. The molecule has 3 rings (SSSR count). The summed E-state index contributed by atoms with van der Waals surface area (Å²) >= 11 is 3.69. The minimum atomic E-state index is 0.109. The maximum Gasteiger partial charge on any atom is 0.234 e. The predicted octanol–water partition coefficient (Wildman–Crippen LogP) is 2.95. The molecule has 1 saturated heterocycles. The number of thiazole rings is 1. The fourth-order valence-electron chi connectivity index (χ4n) is 2.74. The van der Waals surface area contributed by atoms with Crippen molar-refractivity contribution in [3.8, 4) is 0 Å². The van der Waals surface area contributed by atoms with Crippen LogP contribution in [0.5, 0.6) is 0 Å². The maximum absolute atomic E-state index is 12.1. The van der Waals surface area contributed by atoms with Crippen molar-refractivity contribution in [3.05, 3.63) is 29.3 Å². The topological polar surface area (TPSA) is 45.2 Å². The van der Waals surface area contributed by atoms with Crippen LogP contribution < -0.4 is 5.32 Å². The average molecular weight is 350 g/mol. The SMILES string of the molecule is C[C@@H](CNC(=O)CN(C)[C@@H]1CCSC1)c1nc2ccccc2s1. The van der Waals surface area contributed by atoms with Crippen LogP contribution in [0.1, 0.15) is 24.3 Å². The first-order chi connectivity index (χ1) is 11.1. The average Bonchev–Trinajstić information content (AvgIpc) is 3.21. The van der Waals surface area contributed by atoms with Crippen LogP contribution in [0.4, 0.5) is 0 Å². The minimum Gasteiger partial charge on any atom is -0.354 e. The van der Waals surface area contributed by atoms with Crippen LogP contribution in [0.15, 0.2) is 24.3 Å². The van der Waals surface area contributed by atoms with Crippen molar-refractivity contribution in [2.24, 2.45) is 0 Å². The number of aromatic nitrogens is 1. The van der Waals surface area contributed by atoms with Crippen LogP contribution in [-0.2, 0) is 4.79 Å². The highest BCUT2D eigenvalue weighted by Crippen LogP contribution is 2.26. The zero-order valence-electron chi connectivity index (χ0n) is 13.6. The van der Waals surface area contributed by atoms with Gasteiger partial charge in [-0.3, -0.25) is 9.69 Å². The van der Waals surface area contributed by atoms with Gasteiger partial charge in [0.25, 0.3) is 0 Å². The summed E-state index contributed by atoms with van der Waals surface area (Å²) in [5, 5.41) is 4.15. The van der Waals surface area contributed by atoms with Crippen LogP contribution in [0.3, 0.4) is 0 Å². The van der Waals surface area contributed by atoms with Gasteiger partial charge >= 0.3 is 0 Å². The monoisotopic (exact) mass is 349 g/mol. The lowest BCUT2D eigenvalue weighted by atomic mass is 10.2. The van der Waals surface area contributed by atoms with Crippen LogP contribution in [0.25, 0.3) is 10.2 Å². The van der Waals surface area contributed by atoms with E-state index < -0.39 is 0 Å². The maximum atomic E-state index is 12.1. The second kappa shape index (κ2) is 7.64. The number of thioether (sulfide) groups is 1. The van der Waals surface area contributed by atoms with E-state index in [0.29, 0.717) is 19.1 Å². The van der Waals surface area contributed by atoms with E-state index in [1.165, 1.54) is 16.9 Å². The molecule has 1 aliphatic rings. The Bertz CT molecular complexity index is 634.